The van der Waals surface area contributed by atoms with Crippen molar-refractivity contribution < 1.29 is 0 Å². The predicted octanol–water partition coefficient (Wildman–Crippen LogP) is 4.40. The lowest BCUT2D eigenvalue weighted by molar-refractivity contribution is 0.209. The lowest BCUT2D eigenvalue weighted by Gasteiger charge is -2.38. The van der Waals surface area contributed by atoms with Crippen molar-refractivity contribution in [3.63, 3.8) is 0 Å². The molecule has 0 radical (unpaired) electrons. The molecule has 1 fully saturated rings. The van der Waals surface area contributed by atoms with Gasteiger partial charge in [-0.3, -0.25) is 4.90 Å². The lowest BCUT2D eigenvalue weighted by atomic mass is 9.84. The molecular formula is C28H43N7. The molecule has 35 heavy (non-hydrogen) atoms. The SMILES string of the molecule is CC(C)N1CCN(c2ccc(C(C)(C)CNCc3cnc(C#N)nc3NCC(C)(C)C)cc2)CC1. The third-order valence-corrected chi connectivity index (χ3v) is 6.69. The number of nitriles is 1. The average molecular weight is 478 g/mol. The quantitative estimate of drug-likeness (QED) is 0.554. The molecule has 1 aliphatic heterocycles. The van der Waals surface area contributed by atoms with E-state index in [1.165, 1.54) is 11.3 Å². The summed E-state index contributed by atoms with van der Waals surface area (Å²) in [5.41, 5.74) is 3.68. The van der Waals surface area contributed by atoms with Gasteiger partial charge in [0.25, 0.3) is 0 Å². The zero-order valence-corrected chi connectivity index (χ0v) is 22.6. The maximum atomic E-state index is 9.20. The van der Waals surface area contributed by atoms with Crippen LogP contribution in [0.5, 0.6) is 0 Å². The monoisotopic (exact) mass is 477 g/mol. The van der Waals surface area contributed by atoms with Gasteiger partial charge in [-0.15, -0.1) is 0 Å². The van der Waals surface area contributed by atoms with E-state index in [-0.39, 0.29) is 16.7 Å². The molecule has 2 heterocycles. The van der Waals surface area contributed by atoms with Gasteiger partial charge in [0.15, 0.2) is 0 Å². The topological polar surface area (TPSA) is 80.1 Å². The Morgan fingerprint density at radius 1 is 1.00 bits per heavy atom. The van der Waals surface area contributed by atoms with Crippen LogP contribution in [0, 0.1) is 16.7 Å². The van der Waals surface area contributed by atoms with Crippen molar-refractivity contribution in [2.75, 3.05) is 49.5 Å². The van der Waals surface area contributed by atoms with E-state index in [0.29, 0.717) is 12.6 Å². The van der Waals surface area contributed by atoms with Crippen LogP contribution in [0.25, 0.3) is 0 Å². The largest absolute Gasteiger partial charge is 0.369 e. The second-order valence-corrected chi connectivity index (χ2v) is 11.7. The fourth-order valence-corrected chi connectivity index (χ4v) is 4.32. The molecule has 3 rings (SSSR count). The first-order valence-corrected chi connectivity index (χ1v) is 12.8. The summed E-state index contributed by atoms with van der Waals surface area (Å²) in [5.74, 6) is 0.926. The summed E-state index contributed by atoms with van der Waals surface area (Å²) < 4.78 is 0. The summed E-state index contributed by atoms with van der Waals surface area (Å²) in [6, 6.07) is 11.7. The zero-order chi connectivity index (χ0) is 25.6. The van der Waals surface area contributed by atoms with Crippen LogP contribution in [0.2, 0.25) is 0 Å². The number of piperazine rings is 1. The first-order chi connectivity index (χ1) is 16.5. The van der Waals surface area contributed by atoms with Gasteiger partial charge in [0.05, 0.1) is 0 Å². The summed E-state index contributed by atoms with van der Waals surface area (Å²) >= 11 is 0. The zero-order valence-electron chi connectivity index (χ0n) is 22.6. The fraction of sp³-hybridized carbons (Fsp3) is 0.607. The molecule has 1 aromatic carbocycles. The van der Waals surface area contributed by atoms with E-state index in [1.807, 2.05) is 6.07 Å². The molecule has 1 saturated heterocycles. The standard InChI is InChI=1S/C28H43N7/c1-21(2)34-12-14-35(15-13-34)24-10-8-23(9-11-24)28(6,7)20-30-17-22-18-31-25(16-29)33-26(22)32-19-27(3,4)5/h8-11,18,21,30H,12-15,17,19-20H2,1-7H3,(H,31,32,33). The molecule has 190 valence electrons. The molecule has 0 bridgehead atoms. The van der Waals surface area contributed by atoms with E-state index >= 15 is 0 Å². The molecule has 2 N–H and O–H groups in total. The molecule has 0 atom stereocenters. The number of anilines is 2. The van der Waals surface area contributed by atoms with Gasteiger partial charge in [0.2, 0.25) is 5.82 Å². The average Bonchev–Trinajstić information content (AvgIpc) is 2.83. The Bertz CT molecular complexity index is 991. The van der Waals surface area contributed by atoms with Gasteiger partial charge < -0.3 is 15.5 Å². The number of benzene rings is 1. The Labute approximate surface area is 212 Å². The van der Waals surface area contributed by atoms with Gasteiger partial charge in [0, 0.05) is 74.7 Å². The third-order valence-electron chi connectivity index (χ3n) is 6.69. The van der Waals surface area contributed by atoms with Crippen LogP contribution in [0.1, 0.15) is 65.4 Å². The van der Waals surface area contributed by atoms with E-state index in [9.17, 15) is 5.26 Å². The summed E-state index contributed by atoms with van der Waals surface area (Å²) in [5, 5.41) is 16.2. The molecule has 0 aliphatic carbocycles. The maximum absolute atomic E-state index is 9.20. The Hall–Kier alpha value is -2.69. The van der Waals surface area contributed by atoms with Crippen molar-refractivity contribution in [1.29, 1.82) is 5.26 Å². The van der Waals surface area contributed by atoms with E-state index in [1.54, 1.807) is 6.20 Å². The van der Waals surface area contributed by atoms with Gasteiger partial charge in [-0.1, -0.05) is 46.8 Å². The molecule has 0 saturated carbocycles. The van der Waals surface area contributed by atoms with E-state index < -0.39 is 0 Å². The van der Waals surface area contributed by atoms with Crippen LogP contribution in [-0.2, 0) is 12.0 Å². The summed E-state index contributed by atoms with van der Waals surface area (Å²) in [6.07, 6.45) is 1.75. The van der Waals surface area contributed by atoms with Crippen LogP contribution < -0.4 is 15.5 Å². The highest BCUT2D eigenvalue weighted by Crippen LogP contribution is 2.26. The second-order valence-electron chi connectivity index (χ2n) is 11.7. The first kappa shape index (κ1) is 26.9. The van der Waals surface area contributed by atoms with Gasteiger partial charge in [-0.05, 0) is 37.0 Å². The fourth-order valence-electron chi connectivity index (χ4n) is 4.32. The second kappa shape index (κ2) is 11.4. The summed E-state index contributed by atoms with van der Waals surface area (Å²) in [4.78, 5) is 13.6. The highest BCUT2D eigenvalue weighted by molar-refractivity contribution is 5.49. The van der Waals surface area contributed by atoms with Crippen molar-refractivity contribution in [3.05, 3.63) is 47.4 Å². The Kier molecular flexibility index (Phi) is 8.74. The molecular weight excluding hydrogens is 434 g/mol. The van der Waals surface area contributed by atoms with Crippen LogP contribution in [0.15, 0.2) is 30.5 Å². The first-order valence-electron chi connectivity index (χ1n) is 12.8. The van der Waals surface area contributed by atoms with Crippen molar-refractivity contribution in [2.24, 2.45) is 5.41 Å². The maximum Gasteiger partial charge on any atom is 0.234 e. The third kappa shape index (κ3) is 7.65. The minimum Gasteiger partial charge on any atom is -0.369 e. The molecule has 0 spiro atoms. The van der Waals surface area contributed by atoms with Crippen molar-refractivity contribution in [3.8, 4) is 6.07 Å². The number of rotatable bonds is 9. The predicted molar refractivity (Wildman–Crippen MR) is 145 cm³/mol. The minimum atomic E-state index is -0.0265. The molecule has 0 amide bonds. The van der Waals surface area contributed by atoms with Gasteiger partial charge >= 0.3 is 0 Å². The Balaban J connectivity index is 1.59. The highest BCUT2D eigenvalue weighted by Gasteiger charge is 2.23. The molecule has 1 aromatic heterocycles. The molecule has 1 aliphatic rings. The number of hydrogen-bond donors (Lipinski definition) is 2. The van der Waals surface area contributed by atoms with Crippen LogP contribution in [0.4, 0.5) is 11.5 Å². The molecule has 7 nitrogen and oxygen atoms in total. The Morgan fingerprint density at radius 3 is 2.23 bits per heavy atom. The number of aromatic nitrogens is 2. The minimum absolute atomic E-state index is 0.0265. The summed E-state index contributed by atoms with van der Waals surface area (Å²) in [6.45, 7) is 22.2. The van der Waals surface area contributed by atoms with Gasteiger partial charge in [0.1, 0.15) is 11.9 Å². The summed E-state index contributed by atoms with van der Waals surface area (Å²) in [7, 11) is 0. The smallest absolute Gasteiger partial charge is 0.234 e. The van der Waals surface area contributed by atoms with Crippen LogP contribution in [0.3, 0.4) is 0 Å². The van der Waals surface area contributed by atoms with Crippen molar-refractivity contribution in [1.82, 2.24) is 20.2 Å². The van der Waals surface area contributed by atoms with Crippen LogP contribution in [-0.4, -0.2) is 60.2 Å². The van der Waals surface area contributed by atoms with E-state index in [0.717, 1.165) is 50.6 Å². The Morgan fingerprint density at radius 2 is 1.66 bits per heavy atom. The molecule has 2 aromatic rings. The highest BCUT2D eigenvalue weighted by atomic mass is 15.3. The number of nitrogens with one attached hydrogen (secondary N) is 2. The van der Waals surface area contributed by atoms with E-state index in [2.05, 4.69) is 103 Å². The number of nitrogens with zero attached hydrogens (tertiary/aromatic N) is 5. The van der Waals surface area contributed by atoms with E-state index in [4.69, 9.17) is 0 Å². The normalized spacial score (nSPS) is 15.3. The van der Waals surface area contributed by atoms with Crippen molar-refractivity contribution in [2.45, 2.75) is 66.5 Å². The van der Waals surface area contributed by atoms with Crippen molar-refractivity contribution >= 4 is 11.5 Å². The van der Waals surface area contributed by atoms with Gasteiger partial charge in [-0.25, -0.2) is 9.97 Å². The van der Waals surface area contributed by atoms with Gasteiger partial charge in [-0.2, -0.15) is 5.26 Å². The number of hydrogen-bond acceptors (Lipinski definition) is 7. The molecule has 0 unspecified atom stereocenters. The van der Waals surface area contributed by atoms with Crippen LogP contribution >= 0.6 is 0 Å². The molecule has 7 heteroatoms. The lowest BCUT2D eigenvalue weighted by Crippen LogP contribution is -2.48.